The quantitative estimate of drug-likeness (QED) is 0.784. The van der Waals surface area contributed by atoms with E-state index in [1.807, 2.05) is 0 Å². The van der Waals surface area contributed by atoms with Gasteiger partial charge >= 0.3 is 18.2 Å². The molecular formula is C12H19F3N2O4. The molecule has 1 fully saturated rings. The van der Waals surface area contributed by atoms with E-state index in [9.17, 15) is 27.9 Å². The number of nitrogens with zero attached hydrogens (tertiary/aromatic N) is 2. The van der Waals surface area contributed by atoms with Crippen LogP contribution >= 0.6 is 0 Å². The molecule has 6 nitrogen and oxygen atoms in total. The Morgan fingerprint density at radius 3 is 2.19 bits per heavy atom. The fraction of sp³-hybridized carbons (Fsp3) is 0.833. The van der Waals surface area contributed by atoms with Crippen molar-refractivity contribution in [1.29, 1.82) is 0 Å². The molecule has 1 rings (SSSR count). The maximum absolute atomic E-state index is 12.4. The number of likely N-dealkylation sites (N-methyl/N-ethyl adjacent to an activating group) is 1. The number of ether oxygens (including phenoxy) is 1. The summed E-state index contributed by atoms with van der Waals surface area (Å²) in [5.74, 6) is -2.06. The lowest BCUT2D eigenvalue weighted by Gasteiger charge is -2.27. The van der Waals surface area contributed by atoms with E-state index in [2.05, 4.69) is 0 Å². The highest BCUT2D eigenvalue weighted by Crippen LogP contribution is 2.24. The van der Waals surface area contributed by atoms with E-state index >= 15 is 0 Å². The fourth-order valence-corrected chi connectivity index (χ4v) is 1.98. The molecule has 0 aromatic carbocycles. The Balaban J connectivity index is 2.73. The first-order valence-corrected chi connectivity index (χ1v) is 6.33. The lowest BCUT2D eigenvalue weighted by Crippen LogP contribution is -2.49. The molecule has 2 atom stereocenters. The maximum Gasteiger partial charge on any atom is 0.471 e. The van der Waals surface area contributed by atoms with Crippen molar-refractivity contribution in [2.75, 3.05) is 20.1 Å². The Kier molecular flexibility index (Phi) is 4.76. The third kappa shape index (κ3) is 4.48. The van der Waals surface area contributed by atoms with Gasteiger partial charge in [-0.05, 0) is 20.8 Å². The van der Waals surface area contributed by atoms with Crippen LogP contribution in [-0.4, -0.2) is 71.0 Å². The number of β-amino-alcohol motifs (C(OH)–C–C–N with tert-alkyl or cyclic N) is 1. The number of hydrogen-bond acceptors (Lipinski definition) is 4. The Bertz CT molecular complexity index is 420. The topological polar surface area (TPSA) is 70.1 Å². The number of hydrogen-bond donors (Lipinski definition) is 1. The zero-order valence-corrected chi connectivity index (χ0v) is 12.3. The summed E-state index contributed by atoms with van der Waals surface area (Å²) >= 11 is 0. The van der Waals surface area contributed by atoms with Crippen LogP contribution in [0.15, 0.2) is 0 Å². The van der Waals surface area contributed by atoms with E-state index in [0.717, 1.165) is 11.9 Å². The van der Waals surface area contributed by atoms with Gasteiger partial charge in [0, 0.05) is 13.6 Å². The van der Waals surface area contributed by atoms with Crippen LogP contribution in [0.2, 0.25) is 0 Å². The molecule has 21 heavy (non-hydrogen) atoms. The van der Waals surface area contributed by atoms with E-state index in [1.54, 1.807) is 20.8 Å². The average molecular weight is 312 g/mol. The van der Waals surface area contributed by atoms with Gasteiger partial charge in [0.05, 0.1) is 18.7 Å². The Morgan fingerprint density at radius 1 is 1.24 bits per heavy atom. The zero-order valence-electron chi connectivity index (χ0n) is 12.3. The fourth-order valence-electron chi connectivity index (χ4n) is 1.98. The highest BCUT2D eigenvalue weighted by atomic mass is 19.4. The largest absolute Gasteiger partial charge is 0.471 e. The molecule has 0 aromatic heterocycles. The van der Waals surface area contributed by atoms with Crippen molar-refractivity contribution in [2.24, 2.45) is 0 Å². The van der Waals surface area contributed by atoms with Gasteiger partial charge in [-0.2, -0.15) is 13.2 Å². The minimum Gasteiger partial charge on any atom is -0.444 e. The summed E-state index contributed by atoms with van der Waals surface area (Å²) in [5, 5.41) is 9.78. The van der Waals surface area contributed by atoms with Gasteiger partial charge in [0.2, 0.25) is 0 Å². The molecule has 2 amide bonds. The maximum atomic E-state index is 12.4. The van der Waals surface area contributed by atoms with Gasteiger partial charge in [-0.15, -0.1) is 0 Å². The molecule has 0 unspecified atom stereocenters. The molecule has 1 heterocycles. The van der Waals surface area contributed by atoms with Crippen LogP contribution in [0.4, 0.5) is 18.0 Å². The number of aliphatic hydroxyl groups excluding tert-OH is 1. The summed E-state index contributed by atoms with van der Waals surface area (Å²) in [6.45, 7) is 4.54. The first kappa shape index (κ1) is 17.5. The van der Waals surface area contributed by atoms with Gasteiger partial charge in [0.1, 0.15) is 5.60 Å². The van der Waals surface area contributed by atoms with Crippen molar-refractivity contribution in [3.8, 4) is 0 Å². The van der Waals surface area contributed by atoms with Crippen LogP contribution in [0.3, 0.4) is 0 Å². The summed E-state index contributed by atoms with van der Waals surface area (Å²) < 4.78 is 42.2. The van der Waals surface area contributed by atoms with Crippen molar-refractivity contribution in [3.63, 3.8) is 0 Å². The van der Waals surface area contributed by atoms with Crippen LogP contribution in [0.1, 0.15) is 20.8 Å². The summed E-state index contributed by atoms with van der Waals surface area (Å²) in [6.07, 6.45) is -7.01. The lowest BCUT2D eigenvalue weighted by molar-refractivity contribution is -0.187. The van der Waals surface area contributed by atoms with Crippen molar-refractivity contribution in [1.82, 2.24) is 9.80 Å². The van der Waals surface area contributed by atoms with Gasteiger partial charge in [-0.3, -0.25) is 4.79 Å². The van der Waals surface area contributed by atoms with E-state index in [0.29, 0.717) is 4.90 Å². The van der Waals surface area contributed by atoms with Crippen LogP contribution < -0.4 is 0 Å². The van der Waals surface area contributed by atoms with E-state index in [1.165, 1.54) is 0 Å². The Hall–Kier alpha value is -1.51. The van der Waals surface area contributed by atoms with Crippen molar-refractivity contribution in [3.05, 3.63) is 0 Å². The van der Waals surface area contributed by atoms with Gasteiger partial charge in [0.15, 0.2) is 0 Å². The molecule has 1 aliphatic rings. The minimum absolute atomic E-state index is 0.185. The zero-order chi connectivity index (χ0) is 16.6. The molecule has 0 aromatic rings. The molecule has 9 heteroatoms. The molecule has 1 N–H and O–H groups in total. The standard InChI is InChI=1S/C12H19F3N2O4/c1-11(2,3)21-10(20)17-5-7(8(18)6-17)16(4)9(19)12(13,14)15/h7-8,18H,5-6H2,1-4H3/t7-,8-/m1/s1. The second kappa shape index (κ2) is 5.70. The number of rotatable bonds is 1. The molecule has 122 valence electrons. The third-order valence-electron chi connectivity index (χ3n) is 2.97. The van der Waals surface area contributed by atoms with Gasteiger partial charge in [0.25, 0.3) is 0 Å². The summed E-state index contributed by atoms with van der Waals surface area (Å²) in [7, 11) is 0.947. The average Bonchev–Trinajstić information content (AvgIpc) is 2.66. The minimum atomic E-state index is -5.02. The normalized spacial score (nSPS) is 23.1. The molecule has 0 spiro atoms. The second-order valence-electron chi connectivity index (χ2n) is 5.93. The number of carbonyl (C=O) groups is 2. The van der Waals surface area contributed by atoms with Crippen LogP contribution in [0.5, 0.6) is 0 Å². The van der Waals surface area contributed by atoms with E-state index < -0.39 is 35.9 Å². The van der Waals surface area contributed by atoms with Crippen LogP contribution in [0, 0.1) is 0 Å². The van der Waals surface area contributed by atoms with Crippen LogP contribution in [0.25, 0.3) is 0 Å². The molecule has 0 radical (unpaired) electrons. The SMILES string of the molecule is CN(C(=O)C(F)(F)F)[C@@H]1CN(C(=O)OC(C)(C)C)C[C@H]1O. The smallest absolute Gasteiger partial charge is 0.444 e. The molecule has 0 bridgehead atoms. The highest BCUT2D eigenvalue weighted by molar-refractivity contribution is 5.82. The molecule has 1 saturated heterocycles. The predicted octanol–water partition coefficient (Wildman–Crippen LogP) is 0.987. The van der Waals surface area contributed by atoms with Crippen molar-refractivity contribution < 1.29 is 32.6 Å². The lowest BCUT2D eigenvalue weighted by atomic mass is 10.2. The summed E-state index contributed by atoms with van der Waals surface area (Å²) in [6, 6.07) is -1.12. The first-order valence-electron chi connectivity index (χ1n) is 6.33. The molecule has 0 aliphatic carbocycles. The predicted molar refractivity (Wildman–Crippen MR) is 66.4 cm³/mol. The third-order valence-corrected chi connectivity index (χ3v) is 2.97. The van der Waals surface area contributed by atoms with Crippen LogP contribution in [-0.2, 0) is 9.53 Å². The van der Waals surface area contributed by atoms with Gasteiger partial charge in [-0.1, -0.05) is 0 Å². The number of likely N-dealkylation sites (tertiary alicyclic amines) is 1. The number of alkyl halides is 3. The monoisotopic (exact) mass is 312 g/mol. The Morgan fingerprint density at radius 2 is 1.76 bits per heavy atom. The number of carbonyl (C=O) groups excluding carboxylic acids is 2. The summed E-state index contributed by atoms with van der Waals surface area (Å²) in [5.41, 5.74) is -0.756. The highest BCUT2D eigenvalue weighted by Gasteiger charge is 2.47. The number of halogens is 3. The number of aliphatic hydroxyl groups is 1. The summed E-state index contributed by atoms with van der Waals surface area (Å²) in [4.78, 5) is 24.5. The molecule has 0 saturated carbocycles. The number of amides is 2. The van der Waals surface area contributed by atoms with E-state index in [-0.39, 0.29) is 13.1 Å². The molecule has 1 aliphatic heterocycles. The first-order chi connectivity index (χ1) is 9.33. The van der Waals surface area contributed by atoms with E-state index in [4.69, 9.17) is 4.74 Å². The van der Waals surface area contributed by atoms with Crippen molar-refractivity contribution in [2.45, 2.75) is 44.7 Å². The van der Waals surface area contributed by atoms with Gasteiger partial charge in [-0.25, -0.2) is 4.79 Å². The van der Waals surface area contributed by atoms with Crippen molar-refractivity contribution >= 4 is 12.0 Å². The second-order valence-corrected chi connectivity index (χ2v) is 5.93. The van der Waals surface area contributed by atoms with Gasteiger partial charge < -0.3 is 19.6 Å². The molecular weight excluding hydrogens is 293 g/mol. The Labute approximate surface area is 120 Å².